The van der Waals surface area contributed by atoms with Crippen molar-refractivity contribution in [2.45, 2.75) is 40.7 Å². The van der Waals surface area contributed by atoms with Gasteiger partial charge in [-0.1, -0.05) is 48.4 Å². The summed E-state index contributed by atoms with van der Waals surface area (Å²) in [6.45, 7) is 11.6. The van der Waals surface area contributed by atoms with Gasteiger partial charge >= 0.3 is 0 Å². The SMILES string of the molecule is CCNC(c1ccc(C)cc1C)c1cc(C)c(Cl)cc1C. The molecule has 0 radical (unpaired) electrons. The predicted molar refractivity (Wildman–Crippen MR) is 92.4 cm³/mol. The molecule has 2 aromatic rings. The average Bonchev–Trinajstić information content (AvgIpc) is 2.41. The molecule has 2 aromatic carbocycles. The molecule has 1 N–H and O–H groups in total. The molecule has 0 aliphatic heterocycles. The number of benzene rings is 2. The Hall–Kier alpha value is -1.31. The van der Waals surface area contributed by atoms with Crippen LogP contribution in [0.2, 0.25) is 5.02 Å². The van der Waals surface area contributed by atoms with Crippen LogP contribution in [0.5, 0.6) is 0 Å². The Kier molecular flexibility index (Phi) is 5.08. The third-order valence-electron chi connectivity index (χ3n) is 4.00. The number of nitrogens with one attached hydrogen (secondary N) is 1. The van der Waals surface area contributed by atoms with Crippen LogP contribution in [0.15, 0.2) is 30.3 Å². The van der Waals surface area contributed by atoms with Gasteiger partial charge in [0.1, 0.15) is 0 Å². The molecule has 2 heteroatoms. The normalized spacial score (nSPS) is 12.5. The summed E-state index contributed by atoms with van der Waals surface area (Å²) < 4.78 is 0. The van der Waals surface area contributed by atoms with Crippen molar-refractivity contribution >= 4 is 11.6 Å². The zero-order chi connectivity index (χ0) is 15.6. The van der Waals surface area contributed by atoms with Crippen LogP contribution >= 0.6 is 11.6 Å². The van der Waals surface area contributed by atoms with Crippen LogP contribution in [-0.4, -0.2) is 6.54 Å². The minimum Gasteiger partial charge on any atom is -0.307 e. The molecular weight excluding hydrogens is 278 g/mol. The molecular formula is C19H24ClN. The first-order valence-corrected chi connectivity index (χ1v) is 7.89. The minimum atomic E-state index is 0.214. The van der Waals surface area contributed by atoms with E-state index >= 15 is 0 Å². The van der Waals surface area contributed by atoms with Crippen molar-refractivity contribution in [3.8, 4) is 0 Å². The summed E-state index contributed by atoms with van der Waals surface area (Å²) in [5.41, 5.74) is 7.64. The van der Waals surface area contributed by atoms with Gasteiger partial charge in [0.15, 0.2) is 0 Å². The van der Waals surface area contributed by atoms with E-state index in [-0.39, 0.29) is 6.04 Å². The summed E-state index contributed by atoms with van der Waals surface area (Å²) in [6, 6.07) is 11.2. The van der Waals surface area contributed by atoms with Gasteiger partial charge in [0, 0.05) is 5.02 Å². The summed E-state index contributed by atoms with van der Waals surface area (Å²) in [7, 11) is 0. The van der Waals surface area contributed by atoms with Gasteiger partial charge in [-0.25, -0.2) is 0 Å². The Morgan fingerprint density at radius 1 is 0.905 bits per heavy atom. The molecule has 0 heterocycles. The molecule has 0 saturated carbocycles. The highest BCUT2D eigenvalue weighted by atomic mass is 35.5. The zero-order valence-electron chi connectivity index (χ0n) is 13.5. The Bertz CT molecular complexity index is 646. The van der Waals surface area contributed by atoms with Crippen LogP contribution in [0, 0.1) is 27.7 Å². The highest BCUT2D eigenvalue weighted by molar-refractivity contribution is 6.31. The smallest absolute Gasteiger partial charge is 0.0581 e. The van der Waals surface area contributed by atoms with E-state index in [9.17, 15) is 0 Å². The van der Waals surface area contributed by atoms with Gasteiger partial charge in [-0.05, 0) is 68.1 Å². The van der Waals surface area contributed by atoms with Crippen molar-refractivity contribution in [2.75, 3.05) is 6.54 Å². The standard InChI is InChI=1S/C19H24ClN/c1-6-21-19(16-8-7-12(2)9-13(16)3)17-10-15(5)18(20)11-14(17)4/h7-11,19,21H,6H2,1-5H3. The second kappa shape index (κ2) is 6.64. The van der Waals surface area contributed by atoms with Gasteiger partial charge in [-0.2, -0.15) is 0 Å². The molecule has 1 nitrogen and oxygen atoms in total. The lowest BCUT2D eigenvalue weighted by atomic mass is 9.90. The summed E-state index contributed by atoms with van der Waals surface area (Å²) in [5.74, 6) is 0. The fourth-order valence-electron chi connectivity index (χ4n) is 2.86. The van der Waals surface area contributed by atoms with Gasteiger partial charge in [0.25, 0.3) is 0 Å². The molecule has 0 bridgehead atoms. The van der Waals surface area contributed by atoms with Crippen molar-refractivity contribution in [1.82, 2.24) is 5.32 Å². The van der Waals surface area contributed by atoms with Gasteiger partial charge in [-0.3, -0.25) is 0 Å². The van der Waals surface area contributed by atoms with Crippen LogP contribution in [0.1, 0.15) is 46.3 Å². The monoisotopic (exact) mass is 301 g/mol. The van der Waals surface area contributed by atoms with Gasteiger partial charge in [0.2, 0.25) is 0 Å². The lowest BCUT2D eigenvalue weighted by Gasteiger charge is -2.24. The number of hydrogen-bond acceptors (Lipinski definition) is 1. The summed E-state index contributed by atoms with van der Waals surface area (Å²) in [4.78, 5) is 0. The average molecular weight is 302 g/mol. The van der Waals surface area contributed by atoms with Gasteiger partial charge in [-0.15, -0.1) is 0 Å². The summed E-state index contributed by atoms with van der Waals surface area (Å²) in [5, 5.41) is 4.46. The highest BCUT2D eigenvalue weighted by Gasteiger charge is 2.18. The van der Waals surface area contributed by atoms with Crippen molar-refractivity contribution in [3.05, 3.63) is 68.7 Å². The largest absolute Gasteiger partial charge is 0.307 e. The van der Waals surface area contributed by atoms with Gasteiger partial charge in [0.05, 0.1) is 6.04 Å². The van der Waals surface area contributed by atoms with E-state index in [1.807, 2.05) is 0 Å². The van der Waals surface area contributed by atoms with E-state index in [0.717, 1.165) is 17.1 Å². The first-order chi connectivity index (χ1) is 9.93. The fourth-order valence-corrected chi connectivity index (χ4v) is 3.07. The molecule has 21 heavy (non-hydrogen) atoms. The van der Waals surface area contributed by atoms with E-state index in [1.165, 1.54) is 27.8 Å². The van der Waals surface area contributed by atoms with Crippen molar-refractivity contribution in [3.63, 3.8) is 0 Å². The Morgan fingerprint density at radius 3 is 2.19 bits per heavy atom. The first kappa shape index (κ1) is 16.1. The van der Waals surface area contributed by atoms with Crippen LogP contribution in [0.25, 0.3) is 0 Å². The molecule has 0 aliphatic carbocycles. The van der Waals surface area contributed by atoms with E-state index in [0.29, 0.717) is 0 Å². The van der Waals surface area contributed by atoms with Crippen molar-refractivity contribution in [2.24, 2.45) is 0 Å². The van der Waals surface area contributed by atoms with Crippen LogP contribution in [-0.2, 0) is 0 Å². The molecule has 0 aromatic heterocycles. The van der Waals surface area contributed by atoms with Crippen molar-refractivity contribution < 1.29 is 0 Å². The van der Waals surface area contributed by atoms with E-state index in [4.69, 9.17) is 11.6 Å². The number of rotatable bonds is 4. The lowest BCUT2D eigenvalue weighted by Crippen LogP contribution is -2.23. The quantitative estimate of drug-likeness (QED) is 0.811. The summed E-state index contributed by atoms with van der Waals surface area (Å²) >= 11 is 6.25. The fraction of sp³-hybridized carbons (Fsp3) is 0.368. The second-order valence-electron chi connectivity index (χ2n) is 5.81. The van der Waals surface area contributed by atoms with Crippen LogP contribution in [0.4, 0.5) is 0 Å². The van der Waals surface area contributed by atoms with Gasteiger partial charge < -0.3 is 5.32 Å². The lowest BCUT2D eigenvalue weighted by molar-refractivity contribution is 0.624. The molecule has 0 aliphatic rings. The first-order valence-electron chi connectivity index (χ1n) is 7.51. The van der Waals surface area contributed by atoms with E-state index in [2.05, 4.69) is 70.3 Å². The maximum absolute atomic E-state index is 6.25. The molecule has 1 atom stereocenters. The predicted octanol–water partition coefficient (Wildman–Crippen LogP) is 5.27. The molecule has 0 spiro atoms. The Morgan fingerprint density at radius 2 is 1.57 bits per heavy atom. The van der Waals surface area contributed by atoms with Crippen molar-refractivity contribution in [1.29, 1.82) is 0 Å². The zero-order valence-corrected chi connectivity index (χ0v) is 14.3. The Balaban J connectivity index is 2.55. The number of hydrogen-bond donors (Lipinski definition) is 1. The maximum Gasteiger partial charge on any atom is 0.0581 e. The van der Waals surface area contributed by atoms with E-state index < -0.39 is 0 Å². The number of aryl methyl sites for hydroxylation is 4. The van der Waals surface area contributed by atoms with E-state index in [1.54, 1.807) is 0 Å². The third-order valence-corrected chi connectivity index (χ3v) is 4.41. The molecule has 0 fully saturated rings. The summed E-state index contributed by atoms with van der Waals surface area (Å²) in [6.07, 6.45) is 0. The molecule has 1 unspecified atom stereocenters. The van der Waals surface area contributed by atoms with Crippen LogP contribution in [0.3, 0.4) is 0 Å². The second-order valence-corrected chi connectivity index (χ2v) is 6.22. The van der Waals surface area contributed by atoms with Crippen LogP contribution < -0.4 is 5.32 Å². The molecule has 2 rings (SSSR count). The minimum absolute atomic E-state index is 0.214. The number of halogens is 1. The Labute approximate surface area is 133 Å². The molecule has 0 amide bonds. The molecule has 0 saturated heterocycles. The third kappa shape index (κ3) is 3.48. The molecule has 112 valence electrons. The maximum atomic E-state index is 6.25. The topological polar surface area (TPSA) is 12.0 Å². The highest BCUT2D eigenvalue weighted by Crippen LogP contribution is 2.31.